The molecule has 6 nitrogen and oxygen atoms in total. The molecule has 2 fully saturated rings. The lowest BCUT2D eigenvalue weighted by molar-refractivity contribution is -0.134. The molecule has 0 saturated carbocycles. The Morgan fingerprint density at radius 1 is 1.07 bits per heavy atom. The van der Waals surface area contributed by atoms with Gasteiger partial charge in [0.2, 0.25) is 11.8 Å². The third-order valence-corrected chi connectivity index (χ3v) is 6.13. The molecule has 2 amide bonds. The van der Waals surface area contributed by atoms with Crippen molar-refractivity contribution in [3.63, 3.8) is 0 Å². The SMILES string of the molecule is O=C1CC[C@H](c2coc3ccc4c(CCN5CCOCC5)cccc4c23)C(=O)N1. The first-order chi connectivity index (χ1) is 14.2. The molecule has 1 N–H and O–H groups in total. The van der Waals surface area contributed by atoms with Gasteiger partial charge in [0.1, 0.15) is 5.58 Å². The van der Waals surface area contributed by atoms with Gasteiger partial charge in [-0.15, -0.1) is 0 Å². The summed E-state index contributed by atoms with van der Waals surface area (Å²) < 4.78 is 11.2. The van der Waals surface area contributed by atoms with Gasteiger partial charge in [-0.3, -0.25) is 19.8 Å². The minimum atomic E-state index is -0.350. The minimum absolute atomic E-state index is 0.200. The van der Waals surface area contributed by atoms with Gasteiger partial charge >= 0.3 is 0 Å². The highest BCUT2D eigenvalue weighted by Crippen LogP contribution is 2.37. The van der Waals surface area contributed by atoms with Gasteiger partial charge in [-0.05, 0) is 35.2 Å². The molecular formula is C23H24N2O4. The van der Waals surface area contributed by atoms with E-state index in [9.17, 15) is 9.59 Å². The summed E-state index contributed by atoms with van der Waals surface area (Å²) in [6, 6.07) is 10.5. The molecule has 2 aliphatic rings. The van der Waals surface area contributed by atoms with E-state index in [0.717, 1.165) is 61.2 Å². The Bertz CT molecular complexity index is 1080. The van der Waals surface area contributed by atoms with Crippen LogP contribution >= 0.6 is 0 Å². The van der Waals surface area contributed by atoms with Gasteiger partial charge in [-0.1, -0.05) is 24.3 Å². The summed E-state index contributed by atoms with van der Waals surface area (Å²) in [4.78, 5) is 26.4. The quantitative estimate of drug-likeness (QED) is 0.691. The van der Waals surface area contributed by atoms with Crippen molar-refractivity contribution in [2.24, 2.45) is 0 Å². The number of imide groups is 1. The highest BCUT2D eigenvalue weighted by atomic mass is 16.5. The van der Waals surface area contributed by atoms with Crippen LogP contribution in [0.2, 0.25) is 0 Å². The topological polar surface area (TPSA) is 71.8 Å². The van der Waals surface area contributed by atoms with Gasteiger partial charge in [0, 0.05) is 37.0 Å². The number of furan rings is 1. The van der Waals surface area contributed by atoms with Crippen LogP contribution in [0.3, 0.4) is 0 Å². The van der Waals surface area contributed by atoms with E-state index in [1.165, 1.54) is 10.9 Å². The lowest BCUT2D eigenvalue weighted by atomic mass is 9.88. The molecule has 3 aromatic rings. The number of nitrogens with one attached hydrogen (secondary N) is 1. The molecular weight excluding hydrogens is 368 g/mol. The minimum Gasteiger partial charge on any atom is -0.464 e. The van der Waals surface area contributed by atoms with Gasteiger partial charge in [-0.2, -0.15) is 0 Å². The fraction of sp³-hybridized carbons (Fsp3) is 0.391. The number of hydrogen-bond donors (Lipinski definition) is 1. The van der Waals surface area contributed by atoms with Gasteiger partial charge in [-0.25, -0.2) is 0 Å². The van der Waals surface area contributed by atoms with Crippen molar-refractivity contribution in [2.45, 2.75) is 25.2 Å². The number of amides is 2. The van der Waals surface area contributed by atoms with E-state index in [0.29, 0.717) is 12.8 Å². The number of piperidine rings is 1. The summed E-state index contributed by atoms with van der Waals surface area (Å²) in [7, 11) is 0. The van der Waals surface area contributed by atoms with Crippen LogP contribution in [-0.4, -0.2) is 49.6 Å². The predicted octanol–water partition coefficient (Wildman–Crippen LogP) is 2.98. The van der Waals surface area contributed by atoms with E-state index in [1.807, 2.05) is 6.07 Å². The number of ether oxygens (including phenoxy) is 1. The lowest BCUT2D eigenvalue weighted by Crippen LogP contribution is -2.39. The van der Waals surface area contributed by atoms with Crippen molar-refractivity contribution in [3.8, 4) is 0 Å². The third kappa shape index (κ3) is 3.43. The zero-order chi connectivity index (χ0) is 19.8. The average Bonchev–Trinajstić information content (AvgIpc) is 3.17. The Balaban J connectivity index is 1.52. The maximum atomic E-state index is 12.4. The van der Waals surface area contributed by atoms with Gasteiger partial charge in [0.15, 0.2) is 0 Å². The lowest BCUT2D eigenvalue weighted by Gasteiger charge is -2.26. The Hall–Kier alpha value is -2.70. The molecule has 150 valence electrons. The van der Waals surface area contributed by atoms with Crippen LogP contribution in [-0.2, 0) is 20.7 Å². The van der Waals surface area contributed by atoms with Gasteiger partial charge in [0.25, 0.3) is 0 Å². The predicted molar refractivity (Wildman–Crippen MR) is 110 cm³/mol. The van der Waals surface area contributed by atoms with Crippen molar-refractivity contribution in [2.75, 3.05) is 32.8 Å². The molecule has 2 saturated heterocycles. The largest absolute Gasteiger partial charge is 0.464 e. The van der Waals surface area contributed by atoms with Crippen LogP contribution in [0.4, 0.5) is 0 Å². The fourth-order valence-electron chi connectivity index (χ4n) is 4.55. The summed E-state index contributed by atoms with van der Waals surface area (Å²) in [6.45, 7) is 4.58. The monoisotopic (exact) mass is 392 g/mol. The second kappa shape index (κ2) is 7.61. The fourth-order valence-corrected chi connectivity index (χ4v) is 4.55. The van der Waals surface area contributed by atoms with Crippen LogP contribution in [0, 0.1) is 0 Å². The molecule has 29 heavy (non-hydrogen) atoms. The zero-order valence-corrected chi connectivity index (χ0v) is 16.3. The normalized spacial score (nSPS) is 21.0. The van der Waals surface area contributed by atoms with E-state index in [1.54, 1.807) is 6.26 Å². The summed E-state index contributed by atoms with van der Waals surface area (Å²) in [6.07, 6.45) is 3.53. The van der Waals surface area contributed by atoms with Crippen LogP contribution < -0.4 is 5.32 Å². The molecule has 0 spiro atoms. The Morgan fingerprint density at radius 2 is 1.93 bits per heavy atom. The summed E-state index contributed by atoms with van der Waals surface area (Å²) in [5.74, 6) is -0.782. The first-order valence-electron chi connectivity index (χ1n) is 10.3. The molecule has 6 heteroatoms. The van der Waals surface area contributed by atoms with Crippen LogP contribution in [0.5, 0.6) is 0 Å². The van der Waals surface area contributed by atoms with E-state index in [4.69, 9.17) is 9.15 Å². The number of fused-ring (bicyclic) bond motifs is 3. The zero-order valence-electron chi connectivity index (χ0n) is 16.3. The Kier molecular flexibility index (Phi) is 4.81. The molecule has 0 aliphatic carbocycles. The summed E-state index contributed by atoms with van der Waals surface area (Å²) in [5.41, 5.74) is 2.95. The van der Waals surface area contributed by atoms with Crippen molar-refractivity contribution in [3.05, 3.63) is 47.7 Å². The number of hydrogen-bond acceptors (Lipinski definition) is 5. The Labute approximate surface area is 168 Å². The molecule has 3 heterocycles. The molecule has 5 rings (SSSR count). The maximum absolute atomic E-state index is 12.4. The van der Waals surface area contributed by atoms with Crippen LogP contribution in [0.1, 0.15) is 29.9 Å². The average molecular weight is 392 g/mol. The number of morpholine rings is 1. The van der Waals surface area contributed by atoms with Crippen molar-refractivity contribution in [1.82, 2.24) is 10.2 Å². The molecule has 0 unspecified atom stereocenters. The number of carbonyl (C=O) groups excluding carboxylic acids is 2. The van der Waals surface area contributed by atoms with Gasteiger partial charge < -0.3 is 9.15 Å². The maximum Gasteiger partial charge on any atom is 0.234 e. The van der Waals surface area contributed by atoms with Crippen molar-refractivity contribution < 1.29 is 18.7 Å². The number of nitrogens with zero attached hydrogens (tertiary/aromatic N) is 1. The number of carbonyl (C=O) groups is 2. The highest BCUT2D eigenvalue weighted by molar-refractivity contribution is 6.11. The third-order valence-electron chi connectivity index (χ3n) is 6.13. The number of benzene rings is 2. The molecule has 0 bridgehead atoms. The summed E-state index contributed by atoms with van der Waals surface area (Å²) in [5, 5.41) is 5.76. The van der Waals surface area contributed by atoms with Crippen LogP contribution in [0.25, 0.3) is 21.7 Å². The molecule has 0 radical (unpaired) electrons. The van der Waals surface area contributed by atoms with Crippen molar-refractivity contribution >= 4 is 33.6 Å². The van der Waals surface area contributed by atoms with E-state index >= 15 is 0 Å². The Morgan fingerprint density at radius 3 is 2.76 bits per heavy atom. The van der Waals surface area contributed by atoms with Crippen LogP contribution in [0.15, 0.2) is 41.0 Å². The standard InChI is InChI=1S/C23H24N2O4/c26-21-7-5-18(23(27)24-21)19-14-29-20-6-4-16-15(2-1-3-17(16)22(19)20)8-9-25-10-12-28-13-11-25/h1-4,6,14,18H,5,7-13H2,(H,24,26,27)/t18-/m1/s1. The van der Waals surface area contributed by atoms with E-state index < -0.39 is 0 Å². The summed E-state index contributed by atoms with van der Waals surface area (Å²) >= 11 is 0. The molecule has 1 aromatic heterocycles. The first kappa shape index (κ1) is 18.3. The molecule has 1 atom stereocenters. The number of rotatable bonds is 4. The first-order valence-corrected chi connectivity index (χ1v) is 10.3. The van der Waals surface area contributed by atoms with Gasteiger partial charge in [0.05, 0.1) is 25.4 Å². The van der Waals surface area contributed by atoms with E-state index in [-0.39, 0.29) is 17.7 Å². The van der Waals surface area contributed by atoms with Crippen molar-refractivity contribution in [1.29, 1.82) is 0 Å². The highest BCUT2D eigenvalue weighted by Gasteiger charge is 2.31. The van der Waals surface area contributed by atoms with E-state index in [2.05, 4.69) is 34.5 Å². The molecule has 2 aromatic carbocycles. The second-order valence-electron chi connectivity index (χ2n) is 7.85. The second-order valence-corrected chi connectivity index (χ2v) is 7.85. The smallest absolute Gasteiger partial charge is 0.234 e. The molecule has 2 aliphatic heterocycles.